The first-order valence-electron chi connectivity index (χ1n) is 7.86. The van der Waals surface area contributed by atoms with Crippen molar-refractivity contribution < 1.29 is 13.9 Å². The number of ether oxygens (including phenoxy) is 2. The molecule has 0 fully saturated rings. The molecule has 0 aromatic heterocycles. The molecule has 25 heavy (non-hydrogen) atoms. The molecule has 2 N–H and O–H groups in total. The van der Waals surface area contributed by atoms with Crippen molar-refractivity contribution >= 4 is 17.6 Å². The van der Waals surface area contributed by atoms with Crippen molar-refractivity contribution in [1.29, 1.82) is 0 Å². The van der Waals surface area contributed by atoms with Gasteiger partial charge >= 0.3 is 0 Å². The largest absolute Gasteiger partial charge is 0.467 e. The third kappa shape index (κ3) is 4.61. The molecule has 2 aromatic rings. The molecule has 0 aliphatic carbocycles. The summed E-state index contributed by atoms with van der Waals surface area (Å²) in [4.78, 5) is 4.18. The predicted octanol–water partition coefficient (Wildman–Crippen LogP) is 3.21. The Hall–Kier alpha value is -2.31. The summed E-state index contributed by atoms with van der Waals surface area (Å²) in [6.45, 7) is 1.48. The fourth-order valence-electron chi connectivity index (χ4n) is 2.62. The Morgan fingerprint density at radius 2 is 2.08 bits per heavy atom. The van der Waals surface area contributed by atoms with Gasteiger partial charge in [-0.25, -0.2) is 4.39 Å². The summed E-state index contributed by atoms with van der Waals surface area (Å²) in [6.07, 6.45) is 0. The van der Waals surface area contributed by atoms with Crippen LogP contribution in [0.2, 0.25) is 5.02 Å². The van der Waals surface area contributed by atoms with Crippen LogP contribution in [0.4, 0.5) is 4.39 Å². The first kappa shape index (κ1) is 17.5. The molecule has 0 unspecified atom stereocenters. The Bertz CT molecular complexity index is 783. The number of halogens is 2. The highest BCUT2D eigenvalue weighted by molar-refractivity contribution is 6.30. The maximum atomic E-state index is 13.8. The van der Waals surface area contributed by atoms with Gasteiger partial charge in [-0.3, -0.25) is 4.99 Å². The first-order chi connectivity index (χ1) is 12.2. The molecule has 7 heteroatoms. The average Bonchev–Trinajstić information content (AvgIpc) is 2.61. The van der Waals surface area contributed by atoms with Crippen LogP contribution in [0.25, 0.3) is 0 Å². The second-order valence-corrected chi connectivity index (χ2v) is 6.01. The van der Waals surface area contributed by atoms with E-state index in [0.717, 1.165) is 11.1 Å². The Morgan fingerprint density at radius 3 is 2.88 bits per heavy atom. The lowest BCUT2D eigenvalue weighted by Crippen LogP contribution is -2.36. The van der Waals surface area contributed by atoms with Crippen molar-refractivity contribution in [1.82, 2.24) is 10.6 Å². The molecule has 0 amide bonds. The van der Waals surface area contributed by atoms with E-state index in [1.165, 1.54) is 12.1 Å². The van der Waals surface area contributed by atoms with E-state index in [9.17, 15) is 4.39 Å². The number of rotatable bonds is 4. The maximum absolute atomic E-state index is 13.8. The SMILES string of the molecule is CN=C(NCc1cccc(Cl)c1)NCc1cc(F)cc2c1OCOC2. The Balaban J connectivity index is 1.63. The minimum absolute atomic E-state index is 0.174. The summed E-state index contributed by atoms with van der Waals surface area (Å²) in [5.41, 5.74) is 2.48. The molecule has 0 saturated carbocycles. The van der Waals surface area contributed by atoms with E-state index in [1.54, 1.807) is 7.05 Å². The van der Waals surface area contributed by atoms with Gasteiger partial charge in [-0.1, -0.05) is 23.7 Å². The summed E-state index contributed by atoms with van der Waals surface area (Å²) in [6, 6.07) is 10.5. The molecule has 0 bridgehead atoms. The molecule has 1 aliphatic rings. The number of nitrogens with zero attached hydrogens (tertiary/aromatic N) is 1. The van der Waals surface area contributed by atoms with Gasteiger partial charge in [0.25, 0.3) is 0 Å². The van der Waals surface area contributed by atoms with Gasteiger partial charge in [0.1, 0.15) is 11.6 Å². The monoisotopic (exact) mass is 363 g/mol. The first-order valence-corrected chi connectivity index (χ1v) is 8.24. The zero-order valence-electron chi connectivity index (χ0n) is 13.8. The number of benzene rings is 2. The minimum atomic E-state index is -0.313. The summed E-state index contributed by atoms with van der Waals surface area (Å²) in [5.74, 6) is 0.960. The van der Waals surface area contributed by atoms with Crippen LogP contribution in [-0.4, -0.2) is 19.8 Å². The van der Waals surface area contributed by atoms with E-state index in [2.05, 4.69) is 15.6 Å². The summed E-state index contributed by atoms with van der Waals surface area (Å²) < 4.78 is 24.5. The molecule has 0 spiro atoms. The predicted molar refractivity (Wildman–Crippen MR) is 95.2 cm³/mol. The van der Waals surface area contributed by atoms with E-state index in [0.29, 0.717) is 42.0 Å². The number of hydrogen-bond acceptors (Lipinski definition) is 3. The minimum Gasteiger partial charge on any atom is -0.467 e. The fourth-order valence-corrected chi connectivity index (χ4v) is 2.83. The van der Waals surface area contributed by atoms with Gasteiger partial charge in [-0.2, -0.15) is 0 Å². The number of fused-ring (bicyclic) bond motifs is 1. The smallest absolute Gasteiger partial charge is 0.191 e. The Kier molecular flexibility index (Phi) is 5.73. The molecule has 5 nitrogen and oxygen atoms in total. The molecule has 2 aromatic carbocycles. The van der Waals surface area contributed by atoms with Crippen molar-refractivity contribution in [3.8, 4) is 5.75 Å². The Morgan fingerprint density at radius 1 is 1.24 bits per heavy atom. The average molecular weight is 364 g/mol. The quantitative estimate of drug-likeness (QED) is 0.647. The highest BCUT2D eigenvalue weighted by Crippen LogP contribution is 2.29. The van der Waals surface area contributed by atoms with Crippen molar-refractivity contribution in [2.75, 3.05) is 13.8 Å². The summed E-state index contributed by atoms with van der Waals surface area (Å²) in [5, 5.41) is 7.05. The zero-order chi connectivity index (χ0) is 17.6. The van der Waals surface area contributed by atoms with Gasteiger partial charge in [-0.05, 0) is 29.8 Å². The van der Waals surface area contributed by atoms with Crippen LogP contribution in [-0.2, 0) is 24.4 Å². The van der Waals surface area contributed by atoms with Crippen LogP contribution >= 0.6 is 11.6 Å². The lowest BCUT2D eigenvalue weighted by Gasteiger charge is -2.21. The second kappa shape index (κ2) is 8.18. The van der Waals surface area contributed by atoms with E-state index < -0.39 is 0 Å². The fraction of sp³-hybridized carbons (Fsp3) is 0.278. The molecule has 132 valence electrons. The van der Waals surface area contributed by atoms with E-state index in [-0.39, 0.29) is 12.6 Å². The normalized spacial score (nSPS) is 13.8. The van der Waals surface area contributed by atoms with Gasteiger partial charge in [0, 0.05) is 36.3 Å². The van der Waals surface area contributed by atoms with Gasteiger partial charge in [0.2, 0.25) is 0 Å². The lowest BCUT2D eigenvalue weighted by molar-refractivity contribution is -0.0172. The van der Waals surface area contributed by atoms with Crippen molar-refractivity contribution in [3.05, 3.63) is 63.9 Å². The van der Waals surface area contributed by atoms with Crippen LogP contribution in [0.5, 0.6) is 5.75 Å². The van der Waals surface area contributed by atoms with Gasteiger partial charge in [0.05, 0.1) is 6.61 Å². The number of hydrogen-bond donors (Lipinski definition) is 2. The topological polar surface area (TPSA) is 54.9 Å². The van der Waals surface area contributed by atoms with Gasteiger partial charge in [-0.15, -0.1) is 0 Å². The lowest BCUT2D eigenvalue weighted by atomic mass is 10.1. The molecule has 3 rings (SSSR count). The summed E-state index contributed by atoms with van der Waals surface area (Å²) in [7, 11) is 1.68. The van der Waals surface area contributed by atoms with Crippen LogP contribution in [0.3, 0.4) is 0 Å². The van der Waals surface area contributed by atoms with E-state index in [4.69, 9.17) is 21.1 Å². The molecule has 1 aliphatic heterocycles. The highest BCUT2D eigenvalue weighted by Gasteiger charge is 2.17. The number of guanidine groups is 1. The molecular formula is C18H19ClFN3O2. The van der Waals surface area contributed by atoms with Crippen molar-refractivity contribution in [3.63, 3.8) is 0 Å². The molecule has 0 radical (unpaired) electrons. The van der Waals surface area contributed by atoms with E-state index in [1.807, 2.05) is 24.3 Å². The van der Waals surface area contributed by atoms with Crippen LogP contribution in [0.1, 0.15) is 16.7 Å². The van der Waals surface area contributed by atoms with Crippen LogP contribution in [0, 0.1) is 5.82 Å². The van der Waals surface area contributed by atoms with Crippen molar-refractivity contribution in [2.45, 2.75) is 19.7 Å². The van der Waals surface area contributed by atoms with Gasteiger partial charge < -0.3 is 20.1 Å². The van der Waals surface area contributed by atoms with Crippen molar-refractivity contribution in [2.24, 2.45) is 4.99 Å². The molecule has 0 atom stereocenters. The van der Waals surface area contributed by atoms with E-state index >= 15 is 0 Å². The number of aliphatic imine (C=N–C) groups is 1. The van der Waals surface area contributed by atoms with Gasteiger partial charge in [0.15, 0.2) is 12.8 Å². The highest BCUT2D eigenvalue weighted by atomic mass is 35.5. The maximum Gasteiger partial charge on any atom is 0.191 e. The molecule has 0 saturated heterocycles. The zero-order valence-corrected chi connectivity index (χ0v) is 14.6. The summed E-state index contributed by atoms with van der Waals surface area (Å²) >= 11 is 5.98. The standard InChI is InChI=1S/C18H19ClFN3O2/c1-21-18(22-8-12-3-2-4-15(19)5-12)23-9-13-6-16(20)7-14-10-24-11-25-17(13)14/h2-7H,8-11H2,1H3,(H2,21,22,23). The molecule has 1 heterocycles. The third-order valence-corrected chi connectivity index (χ3v) is 4.01. The molecular weight excluding hydrogens is 345 g/mol. The second-order valence-electron chi connectivity index (χ2n) is 5.57. The Labute approximate surface area is 150 Å². The van der Waals surface area contributed by atoms with Crippen LogP contribution in [0.15, 0.2) is 41.4 Å². The number of nitrogens with one attached hydrogen (secondary N) is 2. The third-order valence-electron chi connectivity index (χ3n) is 3.77. The van der Waals surface area contributed by atoms with Crippen LogP contribution < -0.4 is 15.4 Å².